The Morgan fingerprint density at radius 1 is 0.750 bits per heavy atom. The van der Waals surface area contributed by atoms with Gasteiger partial charge in [-0.3, -0.25) is 0 Å². The van der Waals surface area contributed by atoms with Gasteiger partial charge in [0.25, 0.3) is 0 Å². The first-order valence-corrected chi connectivity index (χ1v) is 14.5. The molecule has 0 unspecified atom stereocenters. The molecule has 11 rings (SSSR count). The van der Waals surface area contributed by atoms with Gasteiger partial charge in [0, 0.05) is 0 Å². The summed E-state index contributed by atoms with van der Waals surface area (Å²) in [6.07, 6.45) is 1.74. The average Bonchev–Trinajstić information content (AvgIpc) is 3.40. The van der Waals surface area contributed by atoms with E-state index in [0.717, 1.165) is 5.56 Å². The van der Waals surface area contributed by atoms with E-state index in [4.69, 9.17) is 5.11 Å². The van der Waals surface area contributed by atoms with Gasteiger partial charge in [-0.15, -0.1) is 0 Å². The molecule has 1 aromatic carbocycles. The third-order valence-corrected chi connectivity index (χ3v) is 57.6. The van der Waals surface area contributed by atoms with E-state index < -0.39 is 6.51 Å². The van der Waals surface area contributed by atoms with Crippen LogP contribution in [0.3, 0.4) is 0 Å². The minimum absolute atomic E-state index is 0.292. The molecule has 10 heterocycles. The van der Waals surface area contributed by atoms with Crippen molar-refractivity contribution >= 4 is 6.08 Å². The molecule has 10 aliphatic rings. The molecule has 104 valence electrons. The van der Waals surface area contributed by atoms with Gasteiger partial charge in [0.15, 0.2) is 0 Å². The molecular weight excluding hydrogens is 288 g/mol. The van der Waals surface area contributed by atoms with Gasteiger partial charge in [-0.2, -0.15) is 0 Å². The van der Waals surface area contributed by atoms with Gasteiger partial charge >= 0.3 is 54.7 Å². The molecule has 10 saturated heterocycles. The standard InChI is InChI=1S/C8H8O.2C5H5.Fe/c1-2-7-3-5-8(9)6-4-7;2*1-2-4-5-3-1;/h2-6,9H,1H2;2*1-5H;. The second kappa shape index (κ2) is 0.750. The van der Waals surface area contributed by atoms with Crippen LogP contribution >= 0.6 is 0 Å². The Morgan fingerprint density at radius 2 is 1.10 bits per heavy atom. The Kier molecular flexibility index (Phi) is 0.302. The molecule has 0 radical (unpaired) electrons. The van der Waals surface area contributed by atoms with Crippen molar-refractivity contribution in [3.8, 4) is 5.75 Å². The van der Waals surface area contributed by atoms with Crippen LogP contribution in [-0.4, -0.2) is 5.11 Å². The van der Waals surface area contributed by atoms with E-state index in [1.165, 1.54) is 0 Å². The van der Waals surface area contributed by atoms with E-state index in [9.17, 15) is 0 Å². The summed E-state index contributed by atoms with van der Waals surface area (Å²) < 4.78 is 0. The minimum atomic E-state index is -2.28. The van der Waals surface area contributed by atoms with Gasteiger partial charge in [-0.05, 0) is 17.7 Å². The van der Waals surface area contributed by atoms with Crippen LogP contribution < -0.4 is 0 Å². The van der Waals surface area contributed by atoms with Gasteiger partial charge in [0.2, 0.25) is 0 Å². The normalized spacial score (nSPS) is 98.0. The molecule has 0 atom stereocenters. The molecule has 10 aliphatic heterocycles. The molecule has 10 fully saturated rings. The molecule has 1 aromatic rings. The maximum atomic E-state index is 8.82. The summed E-state index contributed by atoms with van der Waals surface area (Å²) >= 11 is 0. The van der Waals surface area contributed by atoms with Gasteiger partial charge in [0.1, 0.15) is 5.75 Å². The van der Waals surface area contributed by atoms with E-state index in [2.05, 4.69) is 6.58 Å². The van der Waals surface area contributed by atoms with Gasteiger partial charge in [-0.1, -0.05) is 24.8 Å². The van der Waals surface area contributed by atoms with Gasteiger partial charge in [-0.25, -0.2) is 0 Å². The van der Waals surface area contributed by atoms with Crippen molar-refractivity contribution < 1.29 is 11.6 Å². The van der Waals surface area contributed by atoms with Crippen molar-refractivity contribution in [3.63, 3.8) is 0 Å². The fourth-order valence-electron chi connectivity index (χ4n) is 16.4. The Labute approximate surface area is 108 Å². The topological polar surface area (TPSA) is 20.2 Å². The Bertz CT molecular complexity index is 934. The van der Waals surface area contributed by atoms with Crippen LogP contribution in [0, 0.1) is 0 Å². The predicted octanol–water partition coefficient (Wildman–Crippen LogP) is 5.41. The summed E-state index contributed by atoms with van der Waals surface area (Å²) in [6, 6.07) is 6.89. The quantitative estimate of drug-likeness (QED) is 0.688. The molecule has 0 bridgehead atoms. The molecule has 0 aromatic heterocycles. The SMILES string of the molecule is C=Cc1ccc(O)cc1.[CH]12[CH]3[CH]4[CH]5[CH]1[Fe]23451678[CH]2[CH]1[CH]6[CH]7[CH]28. The molecular formula is C18H18FeO. The number of rotatable bonds is 1. The molecule has 1 nitrogen and oxygen atoms in total. The van der Waals surface area contributed by atoms with Crippen LogP contribution in [0.4, 0.5) is 0 Å². The van der Waals surface area contributed by atoms with Crippen molar-refractivity contribution in [2.24, 2.45) is 0 Å². The first-order valence-electron chi connectivity index (χ1n) is 8.12. The fourth-order valence-corrected chi connectivity index (χ4v) is 88.6. The number of hydrogen-bond donors (Lipinski definition) is 1. The zero-order valence-corrected chi connectivity index (χ0v) is 12.3. The summed E-state index contributed by atoms with van der Waals surface area (Å²) in [6.45, 7) is 1.30. The van der Waals surface area contributed by atoms with Crippen molar-refractivity contribution in [2.45, 2.75) is 48.2 Å². The Hall–Kier alpha value is -0.721. The average molecular weight is 306 g/mol. The van der Waals surface area contributed by atoms with Crippen LogP contribution in [-0.2, 0) is 6.51 Å². The summed E-state index contributed by atoms with van der Waals surface area (Å²) in [7, 11) is 0. The van der Waals surface area contributed by atoms with Crippen LogP contribution in [0.2, 0.25) is 48.2 Å². The molecule has 0 amide bonds. The van der Waals surface area contributed by atoms with E-state index in [1.54, 1.807) is 66.4 Å². The molecule has 0 aliphatic carbocycles. The first kappa shape index (κ1) is 8.06. The maximum absolute atomic E-state index is 8.82. The molecule has 2 heteroatoms. The summed E-state index contributed by atoms with van der Waals surface area (Å²) in [5, 5.41) is 8.82. The number of phenols is 1. The number of aromatic hydroxyl groups is 1. The number of phenolic OH excluding ortho intramolecular Hbond substituents is 1. The second-order valence-corrected chi connectivity index (χ2v) is 35.3. The number of benzene rings is 1. The van der Waals surface area contributed by atoms with Crippen LogP contribution in [0.5, 0.6) is 5.75 Å². The third kappa shape index (κ3) is 0.103. The molecule has 1 N–H and O–H groups in total. The van der Waals surface area contributed by atoms with Crippen molar-refractivity contribution in [2.75, 3.05) is 0 Å². The monoisotopic (exact) mass is 306 g/mol. The Morgan fingerprint density at radius 3 is 1.30 bits per heavy atom. The van der Waals surface area contributed by atoms with Crippen LogP contribution in [0.25, 0.3) is 6.08 Å². The van der Waals surface area contributed by atoms with E-state index >= 15 is 0 Å². The van der Waals surface area contributed by atoms with Crippen molar-refractivity contribution in [1.82, 2.24) is 0 Å². The number of fused-ring (bicyclic) bond motifs is 10. The number of hydrogen-bond acceptors (Lipinski definition) is 1. The summed E-state index contributed by atoms with van der Waals surface area (Å²) in [5.41, 5.74) is 1.02. The zero-order chi connectivity index (χ0) is 12.8. The van der Waals surface area contributed by atoms with Crippen LogP contribution in [0.1, 0.15) is 5.56 Å². The summed E-state index contributed by atoms with van der Waals surface area (Å²) in [5.74, 6) is 0.292. The van der Waals surface area contributed by atoms with E-state index in [0.29, 0.717) is 5.75 Å². The van der Waals surface area contributed by atoms with Crippen LogP contribution in [0.15, 0.2) is 30.8 Å². The van der Waals surface area contributed by atoms with Gasteiger partial charge < -0.3 is 5.11 Å². The third-order valence-electron chi connectivity index (χ3n) is 15.7. The molecule has 20 heavy (non-hydrogen) atoms. The van der Waals surface area contributed by atoms with Crippen molar-refractivity contribution in [1.29, 1.82) is 0 Å². The van der Waals surface area contributed by atoms with Gasteiger partial charge in [0.05, 0.1) is 0 Å². The van der Waals surface area contributed by atoms with E-state index in [1.807, 2.05) is 12.1 Å². The summed E-state index contributed by atoms with van der Waals surface area (Å²) in [4.78, 5) is 15.9. The first-order chi connectivity index (χ1) is 9.48. The predicted molar refractivity (Wildman–Crippen MR) is 75.7 cm³/mol. The second-order valence-electron chi connectivity index (χ2n) is 11.4. The van der Waals surface area contributed by atoms with Crippen molar-refractivity contribution in [3.05, 3.63) is 36.4 Å². The van der Waals surface area contributed by atoms with E-state index in [-0.39, 0.29) is 0 Å². The Balaban J connectivity index is 0.0000000802. The zero-order valence-electron chi connectivity index (χ0n) is 11.2. The molecule has 0 saturated carbocycles. The molecule has 1 spiro atoms. The fraction of sp³-hybridized carbons (Fsp3) is 0.556.